The first-order valence-electron chi connectivity index (χ1n) is 13.3. The largest absolute Gasteiger partial charge is 0.461 e. The Labute approximate surface area is 213 Å². The van der Waals surface area contributed by atoms with Gasteiger partial charge in [-0.3, -0.25) is 14.4 Å². The third kappa shape index (κ3) is 4.80. The van der Waals surface area contributed by atoms with Crippen molar-refractivity contribution in [2.75, 3.05) is 26.3 Å². The van der Waals surface area contributed by atoms with Crippen molar-refractivity contribution >= 4 is 29.5 Å². The number of aliphatic hydroxyl groups excluding tert-OH is 1. The third-order valence-corrected chi connectivity index (χ3v) is 10.3. The molecule has 0 aromatic rings. The van der Waals surface area contributed by atoms with Gasteiger partial charge >= 0.3 is 5.97 Å². The van der Waals surface area contributed by atoms with Gasteiger partial charge in [0.25, 0.3) is 0 Å². The number of aliphatic hydroxyl groups is 1. The molecule has 2 unspecified atom stereocenters. The topological polar surface area (TPSA) is 87.2 Å². The van der Waals surface area contributed by atoms with Crippen LogP contribution in [-0.4, -0.2) is 81.1 Å². The van der Waals surface area contributed by atoms with Gasteiger partial charge in [0.2, 0.25) is 11.8 Å². The monoisotopic (exact) mass is 504 g/mol. The summed E-state index contributed by atoms with van der Waals surface area (Å²) in [6, 6.07) is -0.392. The van der Waals surface area contributed by atoms with E-state index < -0.39 is 22.6 Å². The second-order valence-corrected chi connectivity index (χ2v) is 12.0. The average Bonchev–Trinajstić information content (AvgIpc) is 3.51. The SMILES string of the molecule is C=CCOC(=O)[C@@H]1[C@@H]2CCC3(S2)C(C(=O)N(CC=C)C2CCCCC2)N(CCCCCO)C(=O)[C@H]13. The molecule has 3 aliphatic heterocycles. The first kappa shape index (κ1) is 26.3. The van der Waals surface area contributed by atoms with Gasteiger partial charge in [-0.05, 0) is 44.9 Å². The van der Waals surface area contributed by atoms with E-state index in [-0.39, 0.29) is 42.3 Å². The fourth-order valence-electron chi connectivity index (χ4n) is 6.86. The lowest BCUT2D eigenvalue weighted by Gasteiger charge is -2.41. The maximum absolute atomic E-state index is 14.4. The Morgan fingerprint density at radius 3 is 2.60 bits per heavy atom. The number of rotatable bonds is 12. The molecule has 4 fully saturated rings. The van der Waals surface area contributed by atoms with Crippen molar-refractivity contribution in [3.8, 4) is 0 Å². The Kier molecular flexibility index (Phi) is 8.63. The van der Waals surface area contributed by atoms with Crippen LogP contribution in [0.2, 0.25) is 0 Å². The molecule has 1 N–H and O–H groups in total. The van der Waals surface area contributed by atoms with E-state index in [0.29, 0.717) is 19.5 Å². The molecule has 8 heteroatoms. The summed E-state index contributed by atoms with van der Waals surface area (Å²) in [5, 5.41) is 9.21. The molecule has 4 rings (SSSR count). The minimum absolute atomic E-state index is 0.00985. The number of amides is 2. The van der Waals surface area contributed by atoms with Gasteiger partial charge in [-0.15, -0.1) is 18.3 Å². The van der Waals surface area contributed by atoms with E-state index in [1.54, 1.807) is 28.8 Å². The molecular formula is C27H40N2O5S. The van der Waals surface area contributed by atoms with Crippen LogP contribution in [-0.2, 0) is 19.1 Å². The van der Waals surface area contributed by atoms with Crippen molar-refractivity contribution in [1.29, 1.82) is 0 Å². The maximum Gasteiger partial charge on any atom is 0.311 e. The summed E-state index contributed by atoms with van der Waals surface area (Å²) in [7, 11) is 0. The molecule has 0 aromatic carbocycles. The summed E-state index contributed by atoms with van der Waals surface area (Å²) >= 11 is 1.69. The van der Waals surface area contributed by atoms with Gasteiger partial charge in [0, 0.05) is 31.0 Å². The van der Waals surface area contributed by atoms with Gasteiger partial charge in [0.1, 0.15) is 12.6 Å². The molecule has 2 bridgehead atoms. The van der Waals surface area contributed by atoms with Crippen molar-refractivity contribution in [2.24, 2.45) is 11.8 Å². The Balaban J connectivity index is 1.66. The molecule has 194 valence electrons. The number of likely N-dealkylation sites (tertiary alicyclic amines) is 1. The van der Waals surface area contributed by atoms with E-state index in [1.165, 1.54) is 6.42 Å². The lowest BCUT2D eigenvalue weighted by Crippen LogP contribution is -2.57. The van der Waals surface area contributed by atoms with Crippen molar-refractivity contribution in [3.63, 3.8) is 0 Å². The van der Waals surface area contributed by atoms with Crippen LogP contribution in [0.3, 0.4) is 0 Å². The standard InChI is InChI=1S/C27H40N2O5S/c1-3-15-28(19-11-7-5-8-12-19)25(32)23-27-14-13-20(35-27)21(26(33)34-18-4-2)22(27)24(31)29(23)16-9-6-10-17-30/h3-4,19-23,30H,1-2,5-18H2/t20-,21+,22-,23?,27?/m0/s1. The van der Waals surface area contributed by atoms with E-state index in [0.717, 1.165) is 51.4 Å². The van der Waals surface area contributed by atoms with E-state index in [4.69, 9.17) is 4.74 Å². The molecule has 3 saturated heterocycles. The van der Waals surface area contributed by atoms with Crippen molar-refractivity contribution in [1.82, 2.24) is 9.80 Å². The zero-order chi connectivity index (χ0) is 25.0. The number of thioether (sulfide) groups is 1. The minimum Gasteiger partial charge on any atom is -0.461 e. The van der Waals surface area contributed by atoms with Crippen LogP contribution < -0.4 is 0 Å². The number of hydrogen-bond donors (Lipinski definition) is 1. The summed E-state index contributed by atoms with van der Waals surface area (Å²) in [5.41, 5.74) is 0. The highest BCUT2D eigenvalue weighted by Crippen LogP contribution is 2.66. The van der Waals surface area contributed by atoms with Gasteiger partial charge in [0.05, 0.1) is 16.6 Å². The Bertz CT molecular complexity index is 828. The lowest BCUT2D eigenvalue weighted by atomic mass is 9.71. The molecule has 35 heavy (non-hydrogen) atoms. The number of nitrogens with zero attached hydrogens (tertiary/aromatic N) is 2. The van der Waals surface area contributed by atoms with Gasteiger partial charge in [0.15, 0.2) is 0 Å². The summed E-state index contributed by atoms with van der Waals surface area (Å²) in [6.07, 6.45) is 12.5. The van der Waals surface area contributed by atoms with E-state index in [9.17, 15) is 19.5 Å². The highest BCUT2D eigenvalue weighted by Gasteiger charge is 2.74. The van der Waals surface area contributed by atoms with Crippen LogP contribution in [0.1, 0.15) is 64.2 Å². The normalized spacial score (nSPS) is 31.9. The Morgan fingerprint density at radius 2 is 1.91 bits per heavy atom. The molecule has 0 radical (unpaired) electrons. The molecule has 1 spiro atoms. The van der Waals surface area contributed by atoms with Crippen molar-refractivity contribution in [2.45, 2.75) is 86.3 Å². The molecule has 4 aliphatic rings. The van der Waals surface area contributed by atoms with Crippen molar-refractivity contribution in [3.05, 3.63) is 25.3 Å². The van der Waals surface area contributed by atoms with Gasteiger partial charge in [-0.2, -0.15) is 0 Å². The number of carbonyl (C=O) groups is 3. The number of hydrogen-bond acceptors (Lipinski definition) is 6. The molecule has 2 amide bonds. The summed E-state index contributed by atoms with van der Waals surface area (Å²) in [4.78, 5) is 45.1. The zero-order valence-corrected chi connectivity index (χ0v) is 21.6. The predicted octanol–water partition coefficient (Wildman–Crippen LogP) is 3.32. The lowest BCUT2D eigenvalue weighted by molar-refractivity contribution is -0.153. The second kappa shape index (κ2) is 11.5. The van der Waals surface area contributed by atoms with Crippen molar-refractivity contribution < 1.29 is 24.2 Å². The van der Waals surface area contributed by atoms with E-state index >= 15 is 0 Å². The molecule has 1 aliphatic carbocycles. The van der Waals surface area contributed by atoms with Gasteiger partial charge in [-0.25, -0.2) is 0 Å². The van der Waals surface area contributed by atoms with Crippen LogP contribution >= 0.6 is 11.8 Å². The first-order chi connectivity index (χ1) is 17.0. The highest BCUT2D eigenvalue weighted by molar-refractivity contribution is 8.02. The quantitative estimate of drug-likeness (QED) is 0.249. The minimum atomic E-state index is -0.582. The molecular weight excluding hydrogens is 464 g/mol. The van der Waals surface area contributed by atoms with Crippen LogP contribution in [0.4, 0.5) is 0 Å². The van der Waals surface area contributed by atoms with Crippen LogP contribution in [0, 0.1) is 11.8 Å². The number of esters is 1. The summed E-state index contributed by atoms with van der Waals surface area (Å²) < 4.78 is 4.85. The molecule has 5 atom stereocenters. The molecule has 1 saturated carbocycles. The first-order valence-corrected chi connectivity index (χ1v) is 14.2. The maximum atomic E-state index is 14.4. The number of fused-ring (bicyclic) bond motifs is 1. The van der Waals surface area contributed by atoms with Crippen LogP contribution in [0.5, 0.6) is 0 Å². The predicted molar refractivity (Wildman–Crippen MR) is 137 cm³/mol. The smallest absolute Gasteiger partial charge is 0.311 e. The van der Waals surface area contributed by atoms with Crippen LogP contribution in [0.25, 0.3) is 0 Å². The third-order valence-electron chi connectivity index (χ3n) is 8.33. The molecule has 0 aromatic heterocycles. The molecule has 7 nitrogen and oxygen atoms in total. The number of carbonyl (C=O) groups excluding carboxylic acids is 3. The number of ether oxygens (including phenoxy) is 1. The Hall–Kier alpha value is -1.80. The summed E-state index contributed by atoms with van der Waals surface area (Å²) in [6.45, 7) is 8.74. The van der Waals surface area contributed by atoms with E-state index in [2.05, 4.69) is 13.2 Å². The molecule has 3 heterocycles. The second-order valence-electron chi connectivity index (χ2n) is 10.4. The fourth-order valence-corrected chi connectivity index (χ4v) is 9.06. The zero-order valence-electron chi connectivity index (χ0n) is 20.7. The van der Waals surface area contributed by atoms with E-state index in [1.807, 2.05) is 4.90 Å². The number of unbranched alkanes of at least 4 members (excludes halogenated alkanes) is 2. The average molecular weight is 505 g/mol. The highest BCUT2D eigenvalue weighted by atomic mass is 32.2. The summed E-state index contributed by atoms with van der Waals surface area (Å²) in [5.74, 6) is -1.44. The van der Waals surface area contributed by atoms with Gasteiger partial charge < -0.3 is 19.6 Å². The van der Waals surface area contributed by atoms with Gasteiger partial charge in [-0.1, -0.05) is 38.0 Å². The fraction of sp³-hybridized carbons (Fsp3) is 0.741. The van der Waals surface area contributed by atoms with Crippen LogP contribution in [0.15, 0.2) is 25.3 Å². The Morgan fingerprint density at radius 1 is 1.14 bits per heavy atom.